The topological polar surface area (TPSA) is 43.4 Å². The largest absolute Gasteiger partial charge is 0.456 e. The van der Waals surface area contributed by atoms with E-state index in [9.17, 15) is 9.59 Å². The van der Waals surface area contributed by atoms with Gasteiger partial charge in [0.15, 0.2) is 6.10 Å². The van der Waals surface area contributed by atoms with Gasteiger partial charge in [-0.15, -0.1) is 0 Å². The molecule has 0 unspecified atom stereocenters. The lowest BCUT2D eigenvalue weighted by atomic mass is 10.0. The van der Waals surface area contributed by atoms with Crippen molar-refractivity contribution in [2.45, 2.75) is 109 Å². The molecular weight excluding hydrogens is 374 g/mol. The highest BCUT2D eigenvalue weighted by atomic mass is 35.5. The molecule has 0 N–H and O–H groups in total. The fraction of sp³-hybridized carbons (Fsp3) is 0.913. The molecule has 0 fully saturated rings. The van der Waals surface area contributed by atoms with Gasteiger partial charge in [-0.1, -0.05) is 84.0 Å². The molecule has 0 aliphatic rings. The summed E-state index contributed by atoms with van der Waals surface area (Å²) in [6.07, 6.45) is 16.8. The third-order valence-corrected chi connectivity index (χ3v) is 5.08. The number of carbonyl (C=O) groups is 2. The van der Waals surface area contributed by atoms with Crippen LogP contribution in [0.25, 0.3) is 0 Å². The van der Waals surface area contributed by atoms with Crippen molar-refractivity contribution in [3.05, 3.63) is 0 Å². The number of esters is 1. The van der Waals surface area contributed by atoms with Crippen LogP contribution >= 0.6 is 11.6 Å². The molecular formula is C23H45ClNO3+. The number of hydrogen-bond acceptors (Lipinski definition) is 3. The highest BCUT2D eigenvalue weighted by molar-refractivity contribution is 6.63. The predicted octanol–water partition coefficient (Wildman–Crippen LogP) is 6.24. The van der Waals surface area contributed by atoms with Gasteiger partial charge >= 0.3 is 5.97 Å². The number of nitrogens with zero attached hydrogens (tertiary/aromatic N) is 1. The molecule has 0 spiro atoms. The van der Waals surface area contributed by atoms with Gasteiger partial charge in [-0.2, -0.15) is 0 Å². The van der Waals surface area contributed by atoms with E-state index in [1.807, 2.05) is 21.1 Å². The van der Waals surface area contributed by atoms with Gasteiger partial charge in [-0.25, -0.2) is 0 Å². The average Bonchev–Trinajstić information content (AvgIpc) is 2.56. The second-order valence-electron chi connectivity index (χ2n) is 9.14. The fourth-order valence-corrected chi connectivity index (χ4v) is 3.64. The monoisotopic (exact) mass is 418 g/mol. The summed E-state index contributed by atoms with van der Waals surface area (Å²) in [6, 6.07) is 0. The SMILES string of the molecule is CCCCCCCCCCCCCCCC(=O)O[C@H](CC(=O)Cl)C[N+](C)(C)C. The number of ether oxygens (including phenoxy) is 1. The van der Waals surface area contributed by atoms with Crippen LogP contribution in [0, 0.1) is 0 Å². The van der Waals surface area contributed by atoms with E-state index in [1.165, 1.54) is 70.6 Å². The number of halogens is 1. The lowest BCUT2D eigenvalue weighted by molar-refractivity contribution is -0.873. The first-order valence-electron chi connectivity index (χ1n) is 11.4. The van der Waals surface area contributed by atoms with Crippen LogP contribution in [0.1, 0.15) is 103 Å². The second-order valence-corrected chi connectivity index (χ2v) is 9.56. The van der Waals surface area contributed by atoms with Crippen LogP contribution in [0.4, 0.5) is 0 Å². The van der Waals surface area contributed by atoms with E-state index in [2.05, 4.69) is 6.92 Å². The highest BCUT2D eigenvalue weighted by Gasteiger charge is 2.24. The molecule has 0 amide bonds. The van der Waals surface area contributed by atoms with Gasteiger partial charge in [0.05, 0.1) is 27.6 Å². The summed E-state index contributed by atoms with van der Waals surface area (Å²) < 4.78 is 6.11. The van der Waals surface area contributed by atoms with E-state index in [-0.39, 0.29) is 12.4 Å². The van der Waals surface area contributed by atoms with Crippen LogP contribution < -0.4 is 0 Å². The zero-order chi connectivity index (χ0) is 21.3. The average molecular weight is 419 g/mol. The van der Waals surface area contributed by atoms with E-state index in [1.54, 1.807) is 0 Å². The number of likely N-dealkylation sites (N-methyl/N-ethyl adjacent to an activating group) is 1. The molecule has 166 valence electrons. The van der Waals surface area contributed by atoms with Gasteiger partial charge in [-0.3, -0.25) is 9.59 Å². The molecule has 0 rings (SSSR count). The van der Waals surface area contributed by atoms with Crippen molar-refractivity contribution >= 4 is 22.8 Å². The first kappa shape index (κ1) is 27.4. The van der Waals surface area contributed by atoms with E-state index >= 15 is 0 Å². The van der Waals surface area contributed by atoms with Gasteiger partial charge in [-0.05, 0) is 18.0 Å². The third-order valence-electron chi connectivity index (χ3n) is 4.92. The van der Waals surface area contributed by atoms with Gasteiger partial charge in [0.25, 0.3) is 0 Å². The Bertz CT molecular complexity index is 407. The molecule has 0 bridgehead atoms. The molecule has 0 radical (unpaired) electrons. The van der Waals surface area contributed by atoms with Crippen molar-refractivity contribution in [2.24, 2.45) is 0 Å². The molecule has 0 aliphatic carbocycles. The van der Waals surface area contributed by atoms with Crippen molar-refractivity contribution in [1.29, 1.82) is 0 Å². The maximum atomic E-state index is 12.0. The Hall–Kier alpha value is -0.610. The summed E-state index contributed by atoms with van der Waals surface area (Å²) >= 11 is 5.48. The van der Waals surface area contributed by atoms with Crippen LogP contribution in [0.15, 0.2) is 0 Å². The minimum Gasteiger partial charge on any atom is -0.456 e. The Kier molecular flexibility index (Phi) is 16.9. The first-order chi connectivity index (χ1) is 13.2. The minimum absolute atomic E-state index is 0.0847. The number of carbonyl (C=O) groups excluding carboxylic acids is 2. The van der Waals surface area contributed by atoms with Crippen molar-refractivity contribution in [1.82, 2.24) is 0 Å². The van der Waals surface area contributed by atoms with Gasteiger partial charge in [0.2, 0.25) is 5.24 Å². The molecule has 0 aromatic rings. The summed E-state index contributed by atoms with van der Waals surface area (Å²) in [4.78, 5) is 23.2. The van der Waals surface area contributed by atoms with E-state index in [4.69, 9.17) is 16.3 Å². The van der Waals surface area contributed by atoms with Gasteiger partial charge in [0.1, 0.15) is 6.54 Å². The van der Waals surface area contributed by atoms with E-state index < -0.39 is 11.3 Å². The number of hydrogen-bond donors (Lipinski definition) is 0. The molecule has 0 aromatic carbocycles. The Morgan fingerprint density at radius 1 is 0.786 bits per heavy atom. The first-order valence-corrected chi connectivity index (χ1v) is 11.8. The molecule has 0 saturated carbocycles. The standard InChI is InChI=1S/C23H45ClNO3/c1-5-6-7-8-9-10-11-12-13-14-15-16-17-18-23(27)28-21(19-22(24)26)20-25(2,3)4/h21H,5-20H2,1-4H3/q+1/t21-/m1/s1. The van der Waals surface area contributed by atoms with Crippen LogP contribution in [0.5, 0.6) is 0 Å². The Morgan fingerprint density at radius 2 is 1.21 bits per heavy atom. The molecule has 0 saturated heterocycles. The van der Waals surface area contributed by atoms with Crippen LogP contribution in [-0.4, -0.2) is 49.5 Å². The quantitative estimate of drug-likeness (QED) is 0.108. The highest BCUT2D eigenvalue weighted by Crippen LogP contribution is 2.14. The second kappa shape index (κ2) is 17.3. The molecule has 0 aliphatic heterocycles. The van der Waals surface area contributed by atoms with Crippen molar-refractivity contribution < 1.29 is 18.8 Å². The minimum atomic E-state index is -0.452. The van der Waals surface area contributed by atoms with Crippen molar-refractivity contribution in [2.75, 3.05) is 27.7 Å². The Balaban J connectivity index is 3.63. The maximum Gasteiger partial charge on any atom is 0.306 e. The molecule has 5 heteroatoms. The lowest BCUT2D eigenvalue weighted by Gasteiger charge is -2.28. The zero-order valence-electron chi connectivity index (χ0n) is 18.9. The number of rotatable bonds is 19. The smallest absolute Gasteiger partial charge is 0.306 e. The van der Waals surface area contributed by atoms with Gasteiger partial charge < -0.3 is 9.22 Å². The van der Waals surface area contributed by atoms with Crippen molar-refractivity contribution in [3.8, 4) is 0 Å². The summed E-state index contributed by atoms with van der Waals surface area (Å²) in [5.41, 5.74) is 0. The van der Waals surface area contributed by atoms with E-state index in [0.717, 1.165) is 12.8 Å². The lowest BCUT2D eigenvalue weighted by Crippen LogP contribution is -2.43. The van der Waals surface area contributed by atoms with Crippen LogP contribution in [0.3, 0.4) is 0 Å². The number of quaternary nitrogens is 1. The predicted molar refractivity (Wildman–Crippen MR) is 119 cm³/mol. The number of unbranched alkanes of at least 4 members (excludes halogenated alkanes) is 12. The molecule has 0 heterocycles. The Morgan fingerprint density at radius 3 is 1.61 bits per heavy atom. The zero-order valence-corrected chi connectivity index (χ0v) is 19.7. The summed E-state index contributed by atoms with van der Waals surface area (Å²) in [7, 11) is 6.02. The Labute approximate surface area is 178 Å². The fourth-order valence-electron chi connectivity index (χ4n) is 3.47. The van der Waals surface area contributed by atoms with Gasteiger partial charge in [0, 0.05) is 6.42 Å². The van der Waals surface area contributed by atoms with Crippen LogP contribution in [-0.2, 0) is 14.3 Å². The van der Waals surface area contributed by atoms with E-state index in [0.29, 0.717) is 17.4 Å². The molecule has 0 aromatic heterocycles. The summed E-state index contributed by atoms with van der Waals surface area (Å²) in [6.45, 7) is 2.85. The third kappa shape index (κ3) is 20.1. The maximum absolute atomic E-state index is 12.0. The summed E-state index contributed by atoms with van der Waals surface area (Å²) in [5.74, 6) is -0.209. The van der Waals surface area contributed by atoms with Crippen LogP contribution in [0.2, 0.25) is 0 Å². The van der Waals surface area contributed by atoms with Crippen molar-refractivity contribution in [3.63, 3.8) is 0 Å². The molecule has 28 heavy (non-hydrogen) atoms. The normalized spacial score (nSPS) is 12.8. The summed E-state index contributed by atoms with van der Waals surface area (Å²) in [5, 5.41) is -0.452. The molecule has 1 atom stereocenters. The molecule has 4 nitrogen and oxygen atoms in total.